The molecule has 0 radical (unpaired) electrons. The Labute approximate surface area is 233 Å². The first-order valence-corrected chi connectivity index (χ1v) is 12.9. The molecule has 0 amide bonds. The summed E-state index contributed by atoms with van der Waals surface area (Å²) in [5.74, 6) is 0.195. The third-order valence-corrected chi connectivity index (χ3v) is 7.21. The van der Waals surface area contributed by atoms with Crippen molar-refractivity contribution in [1.82, 2.24) is 0 Å². The molecule has 0 spiro atoms. The van der Waals surface area contributed by atoms with Crippen LogP contribution >= 0.6 is 0 Å². The van der Waals surface area contributed by atoms with E-state index in [0.717, 1.165) is 0 Å². The molecule has 17 nitrogen and oxygen atoms in total. The molecule has 6 unspecified atom stereocenters. The van der Waals surface area contributed by atoms with Gasteiger partial charge in [-0.1, -0.05) is 0 Å². The van der Waals surface area contributed by atoms with Crippen molar-refractivity contribution in [1.29, 1.82) is 0 Å². The zero-order chi connectivity index (χ0) is 30.0. The molecule has 1 aromatic rings. The number of benzene rings is 1. The van der Waals surface area contributed by atoms with Gasteiger partial charge in [0.15, 0.2) is 18.7 Å². The highest BCUT2D eigenvalue weighted by Gasteiger charge is 2.54. The van der Waals surface area contributed by atoms with Crippen molar-refractivity contribution in [3.8, 4) is 5.75 Å². The quantitative estimate of drug-likeness (QED) is 0.118. The van der Waals surface area contributed by atoms with E-state index in [9.17, 15) is 51.1 Å². The number of rotatable bonds is 9. The summed E-state index contributed by atoms with van der Waals surface area (Å²) in [7, 11) is 0. The number of nitrogens with two attached hydrogens (primary N) is 1. The van der Waals surface area contributed by atoms with Crippen molar-refractivity contribution in [2.45, 2.75) is 92.1 Å². The van der Waals surface area contributed by atoms with Crippen LogP contribution in [0.4, 0.5) is 5.69 Å². The molecule has 17 heteroatoms. The summed E-state index contributed by atoms with van der Waals surface area (Å²) in [5.41, 5.74) is 6.12. The number of ether oxygens (including phenoxy) is 6. The Morgan fingerprint density at radius 3 is 1.46 bits per heavy atom. The molecule has 3 aliphatic rings. The second-order valence-electron chi connectivity index (χ2n) is 10.00. The second-order valence-corrected chi connectivity index (χ2v) is 10.00. The van der Waals surface area contributed by atoms with E-state index in [4.69, 9.17) is 34.2 Å². The van der Waals surface area contributed by atoms with Crippen molar-refractivity contribution in [2.24, 2.45) is 0 Å². The van der Waals surface area contributed by atoms with Crippen LogP contribution in [0, 0.1) is 0 Å². The van der Waals surface area contributed by atoms with E-state index < -0.39 is 112 Å². The van der Waals surface area contributed by atoms with E-state index in [0.29, 0.717) is 5.69 Å². The summed E-state index contributed by atoms with van der Waals surface area (Å²) in [6.07, 6.45) is -25.1. The monoisotopic (exact) mass is 595 g/mol. The van der Waals surface area contributed by atoms with Crippen LogP contribution in [-0.4, -0.2) is 163 Å². The smallest absolute Gasteiger partial charge is 0.229 e. The van der Waals surface area contributed by atoms with Gasteiger partial charge in [0, 0.05) is 5.69 Å². The maximum Gasteiger partial charge on any atom is 0.229 e. The van der Waals surface area contributed by atoms with Crippen molar-refractivity contribution in [3.63, 3.8) is 0 Å². The summed E-state index contributed by atoms with van der Waals surface area (Å²) in [6, 6.07) is 5.98. The van der Waals surface area contributed by atoms with Gasteiger partial charge in [-0.25, -0.2) is 0 Å². The van der Waals surface area contributed by atoms with Gasteiger partial charge < -0.3 is 85.2 Å². The Morgan fingerprint density at radius 1 is 0.537 bits per heavy atom. The molecule has 4 rings (SSSR count). The second kappa shape index (κ2) is 13.7. The highest BCUT2D eigenvalue weighted by molar-refractivity contribution is 5.41. The van der Waals surface area contributed by atoms with Crippen molar-refractivity contribution >= 4 is 5.69 Å². The average Bonchev–Trinajstić information content (AvgIpc) is 2.97. The van der Waals surface area contributed by atoms with Gasteiger partial charge in [-0.3, -0.25) is 0 Å². The maximum absolute atomic E-state index is 10.9. The molecule has 3 heterocycles. The molecule has 1 aromatic carbocycles. The molecule has 0 bridgehead atoms. The fourth-order valence-corrected chi connectivity index (χ4v) is 4.78. The molecule has 3 fully saturated rings. The lowest BCUT2D eigenvalue weighted by atomic mass is 9.96. The normalized spacial score (nSPS) is 45.4. The summed E-state index contributed by atoms with van der Waals surface area (Å²) >= 11 is 0. The Bertz CT molecular complexity index is 956. The lowest BCUT2D eigenvalue weighted by Crippen LogP contribution is -2.67. The van der Waals surface area contributed by atoms with E-state index in [-0.39, 0.29) is 5.75 Å². The minimum Gasteiger partial charge on any atom is -0.462 e. The van der Waals surface area contributed by atoms with E-state index in [1.807, 2.05) is 0 Å². The number of aliphatic hydroxyl groups is 10. The third-order valence-electron chi connectivity index (χ3n) is 7.21. The molecule has 3 aliphatic heterocycles. The fraction of sp³-hybridized carbons (Fsp3) is 0.750. The van der Waals surface area contributed by atoms with Gasteiger partial charge in [-0.05, 0) is 24.3 Å². The zero-order valence-electron chi connectivity index (χ0n) is 21.6. The summed E-state index contributed by atoms with van der Waals surface area (Å²) in [4.78, 5) is 0. The van der Waals surface area contributed by atoms with Crippen LogP contribution in [0.5, 0.6) is 5.75 Å². The molecular formula is C24H37NO16. The highest BCUT2D eigenvalue weighted by atomic mass is 16.8. The first kappa shape index (κ1) is 32.1. The van der Waals surface area contributed by atoms with Crippen molar-refractivity contribution < 1.29 is 79.5 Å². The minimum atomic E-state index is -1.90. The lowest BCUT2D eigenvalue weighted by molar-refractivity contribution is -0.389. The van der Waals surface area contributed by atoms with Crippen LogP contribution in [0.2, 0.25) is 0 Å². The van der Waals surface area contributed by atoms with Gasteiger partial charge in [0.25, 0.3) is 0 Å². The van der Waals surface area contributed by atoms with E-state index in [1.54, 1.807) is 0 Å². The summed E-state index contributed by atoms with van der Waals surface area (Å²) < 4.78 is 33.8. The molecule has 3 saturated heterocycles. The molecule has 234 valence electrons. The topological polar surface area (TPSA) is 284 Å². The molecule has 0 saturated carbocycles. The molecule has 0 aromatic heterocycles. The number of aliphatic hydroxyl groups excluding tert-OH is 10. The molecule has 0 aliphatic carbocycles. The fourth-order valence-electron chi connectivity index (χ4n) is 4.78. The first-order valence-electron chi connectivity index (χ1n) is 12.9. The van der Waals surface area contributed by atoms with Crippen LogP contribution in [0.15, 0.2) is 24.3 Å². The number of nitrogen functional groups attached to an aromatic ring is 1. The van der Waals surface area contributed by atoms with Crippen molar-refractivity contribution in [3.05, 3.63) is 24.3 Å². The Balaban J connectivity index is 1.61. The zero-order valence-corrected chi connectivity index (χ0v) is 21.6. The van der Waals surface area contributed by atoms with Crippen LogP contribution in [0.1, 0.15) is 0 Å². The average molecular weight is 596 g/mol. The minimum absolute atomic E-state index is 0.195. The first-order chi connectivity index (χ1) is 19.5. The summed E-state index contributed by atoms with van der Waals surface area (Å²) in [5, 5.41) is 102. The molecule has 12 N–H and O–H groups in total. The SMILES string of the molecule is Nc1ccc(O[C@H]2OC(CO)[C@@H](O)[C@H](O)C2O[C@H]2OC(CO)[C@@H](O)[C@H](O)C2O[C@H]2OC(CO)[C@@H](O)[C@H](O)C2O)cc1. The van der Waals surface area contributed by atoms with Crippen LogP contribution in [0.25, 0.3) is 0 Å². The Morgan fingerprint density at radius 2 is 0.951 bits per heavy atom. The lowest BCUT2D eigenvalue weighted by Gasteiger charge is -2.48. The predicted molar refractivity (Wildman–Crippen MR) is 131 cm³/mol. The van der Waals surface area contributed by atoms with Crippen LogP contribution < -0.4 is 10.5 Å². The third kappa shape index (κ3) is 6.74. The van der Waals surface area contributed by atoms with Crippen molar-refractivity contribution in [2.75, 3.05) is 25.6 Å². The van der Waals surface area contributed by atoms with E-state index in [1.165, 1.54) is 24.3 Å². The molecular weight excluding hydrogens is 558 g/mol. The van der Waals surface area contributed by atoms with Crippen LogP contribution in [0.3, 0.4) is 0 Å². The van der Waals surface area contributed by atoms with Gasteiger partial charge >= 0.3 is 0 Å². The molecule has 15 atom stereocenters. The van der Waals surface area contributed by atoms with E-state index in [2.05, 4.69) is 0 Å². The standard InChI is InChI=1S/C24H37NO16/c25-8-1-3-9(4-2-8)36-23-20(17(33)14(30)11(6-27)38-23)41-24-21(18(34)15(31)12(7-28)39-24)40-22-19(35)16(32)13(29)10(5-26)37-22/h1-4,10-24,26-35H,5-7,25H2/t10?,11?,12?,13-,14-,15-,16+,17+,18+,19?,20?,21?,22-,23+,24-/m1/s1. The number of hydrogen-bond acceptors (Lipinski definition) is 17. The van der Waals surface area contributed by atoms with Gasteiger partial charge in [0.2, 0.25) is 6.29 Å². The highest BCUT2D eigenvalue weighted by Crippen LogP contribution is 2.33. The van der Waals surface area contributed by atoms with Crippen LogP contribution in [-0.2, 0) is 23.7 Å². The van der Waals surface area contributed by atoms with Gasteiger partial charge in [-0.15, -0.1) is 0 Å². The van der Waals surface area contributed by atoms with Gasteiger partial charge in [-0.2, -0.15) is 0 Å². The number of anilines is 1. The summed E-state index contributed by atoms with van der Waals surface area (Å²) in [6.45, 7) is -2.27. The predicted octanol–water partition coefficient (Wildman–Crippen LogP) is -5.90. The van der Waals surface area contributed by atoms with Gasteiger partial charge in [0.1, 0.15) is 72.9 Å². The Hall–Kier alpha value is -1.78. The number of hydrogen-bond donors (Lipinski definition) is 11. The Kier molecular flexibility index (Phi) is 10.7. The maximum atomic E-state index is 10.9. The van der Waals surface area contributed by atoms with Gasteiger partial charge in [0.05, 0.1) is 19.8 Å². The largest absolute Gasteiger partial charge is 0.462 e. The van der Waals surface area contributed by atoms with E-state index >= 15 is 0 Å². The molecule has 41 heavy (non-hydrogen) atoms.